The number of hydrogen-bond donors (Lipinski definition) is 1. The van der Waals surface area contributed by atoms with Crippen LogP contribution in [0.4, 0.5) is 5.69 Å². The number of anilines is 1. The van der Waals surface area contributed by atoms with E-state index in [-0.39, 0.29) is 5.91 Å². The van der Waals surface area contributed by atoms with Crippen molar-refractivity contribution in [1.82, 2.24) is 4.90 Å². The lowest BCUT2D eigenvalue weighted by atomic mass is 9.98. The molecule has 0 radical (unpaired) electrons. The third-order valence-corrected chi connectivity index (χ3v) is 4.54. The molecule has 0 aliphatic carbocycles. The second-order valence-electron chi connectivity index (χ2n) is 7.34. The summed E-state index contributed by atoms with van der Waals surface area (Å²) in [7, 11) is 1.99. The first-order valence-electron chi connectivity index (χ1n) is 8.92. The fourth-order valence-corrected chi connectivity index (χ4v) is 3.14. The van der Waals surface area contributed by atoms with Gasteiger partial charge in [-0.05, 0) is 56.0 Å². The monoisotopic (exact) mass is 338 g/mol. The average Bonchev–Trinajstić information content (AvgIpc) is 2.51. The Morgan fingerprint density at radius 1 is 1.08 bits per heavy atom. The molecule has 1 amide bonds. The Bertz CT molecular complexity index is 750. The largest absolute Gasteiger partial charge is 0.324 e. The van der Waals surface area contributed by atoms with E-state index < -0.39 is 0 Å². The van der Waals surface area contributed by atoms with Gasteiger partial charge in [0.15, 0.2) is 0 Å². The molecule has 2 aromatic rings. The lowest BCUT2D eigenvalue weighted by molar-refractivity contribution is -0.117. The zero-order chi connectivity index (χ0) is 18.6. The SMILES string of the molecule is Cc1ccc(CN(C)CC(=O)Nc2c(C)cccc2C(C)C)c(C)c1. The van der Waals surface area contributed by atoms with Crippen LogP contribution in [0.1, 0.15) is 47.6 Å². The van der Waals surface area contributed by atoms with E-state index in [0.717, 1.165) is 17.8 Å². The standard InChI is InChI=1S/C22H30N2O/c1-15(2)20-9-7-8-17(4)22(20)23-21(25)14-24(6)13-19-11-10-16(3)12-18(19)5/h7-12,15H,13-14H2,1-6H3,(H,23,25). The predicted octanol–water partition coefficient (Wildman–Crippen LogP) is 4.81. The van der Waals surface area contributed by atoms with Crippen LogP contribution in [0.5, 0.6) is 0 Å². The van der Waals surface area contributed by atoms with Crippen molar-refractivity contribution in [3.63, 3.8) is 0 Å². The normalized spacial score (nSPS) is 11.2. The van der Waals surface area contributed by atoms with Crippen molar-refractivity contribution in [2.45, 2.75) is 47.1 Å². The maximum absolute atomic E-state index is 12.5. The molecule has 2 aromatic carbocycles. The minimum atomic E-state index is 0.0310. The molecule has 0 saturated carbocycles. The summed E-state index contributed by atoms with van der Waals surface area (Å²) in [5, 5.41) is 3.12. The quantitative estimate of drug-likeness (QED) is 0.820. The molecule has 0 spiro atoms. The zero-order valence-corrected chi connectivity index (χ0v) is 16.3. The van der Waals surface area contributed by atoms with E-state index in [0.29, 0.717) is 12.5 Å². The Hall–Kier alpha value is -2.13. The second kappa shape index (κ2) is 8.30. The fraction of sp³-hybridized carbons (Fsp3) is 0.409. The van der Waals surface area contributed by atoms with Crippen LogP contribution in [0.2, 0.25) is 0 Å². The number of aryl methyl sites for hydroxylation is 3. The lowest BCUT2D eigenvalue weighted by Crippen LogP contribution is -2.30. The molecule has 0 fully saturated rings. The van der Waals surface area contributed by atoms with Gasteiger partial charge in [0.25, 0.3) is 0 Å². The van der Waals surface area contributed by atoms with Gasteiger partial charge in [-0.2, -0.15) is 0 Å². The van der Waals surface area contributed by atoms with E-state index in [9.17, 15) is 4.79 Å². The summed E-state index contributed by atoms with van der Waals surface area (Å²) in [4.78, 5) is 14.6. The molecule has 134 valence electrons. The molecule has 1 N–H and O–H groups in total. The summed E-state index contributed by atoms with van der Waals surface area (Å²) >= 11 is 0. The summed E-state index contributed by atoms with van der Waals surface area (Å²) in [5.74, 6) is 0.409. The van der Waals surface area contributed by atoms with Crippen LogP contribution in [-0.2, 0) is 11.3 Å². The van der Waals surface area contributed by atoms with E-state index in [1.54, 1.807) is 0 Å². The van der Waals surface area contributed by atoms with Gasteiger partial charge in [-0.15, -0.1) is 0 Å². The number of benzene rings is 2. The third kappa shape index (κ3) is 5.17. The summed E-state index contributed by atoms with van der Waals surface area (Å²) < 4.78 is 0. The first-order valence-corrected chi connectivity index (χ1v) is 8.92. The highest BCUT2D eigenvalue weighted by atomic mass is 16.2. The summed E-state index contributed by atoms with van der Waals surface area (Å²) in [6, 6.07) is 12.6. The molecule has 0 aliphatic heterocycles. The number of likely N-dealkylation sites (N-methyl/N-ethyl adjacent to an activating group) is 1. The van der Waals surface area contributed by atoms with Crippen molar-refractivity contribution in [3.8, 4) is 0 Å². The van der Waals surface area contributed by atoms with Crippen molar-refractivity contribution < 1.29 is 4.79 Å². The van der Waals surface area contributed by atoms with Gasteiger partial charge in [0, 0.05) is 12.2 Å². The Morgan fingerprint density at radius 3 is 2.44 bits per heavy atom. The minimum absolute atomic E-state index is 0.0310. The Balaban J connectivity index is 2.03. The van der Waals surface area contributed by atoms with Crippen molar-refractivity contribution in [1.29, 1.82) is 0 Å². The van der Waals surface area contributed by atoms with Crippen LogP contribution >= 0.6 is 0 Å². The van der Waals surface area contributed by atoms with E-state index in [4.69, 9.17) is 0 Å². The molecule has 2 rings (SSSR count). The van der Waals surface area contributed by atoms with Gasteiger partial charge in [-0.1, -0.05) is 55.8 Å². The number of nitrogens with zero attached hydrogens (tertiary/aromatic N) is 1. The highest BCUT2D eigenvalue weighted by Crippen LogP contribution is 2.27. The minimum Gasteiger partial charge on any atom is -0.324 e. The molecule has 0 aromatic heterocycles. The number of rotatable bonds is 6. The lowest BCUT2D eigenvalue weighted by Gasteiger charge is -2.20. The Morgan fingerprint density at radius 2 is 1.80 bits per heavy atom. The second-order valence-corrected chi connectivity index (χ2v) is 7.34. The molecule has 0 aliphatic rings. The highest BCUT2D eigenvalue weighted by molar-refractivity contribution is 5.93. The van der Waals surface area contributed by atoms with Gasteiger partial charge in [0.05, 0.1) is 6.54 Å². The van der Waals surface area contributed by atoms with Gasteiger partial charge in [-0.3, -0.25) is 9.69 Å². The van der Waals surface area contributed by atoms with Crippen LogP contribution < -0.4 is 5.32 Å². The molecule has 3 heteroatoms. The van der Waals surface area contributed by atoms with Crippen molar-refractivity contribution >= 4 is 11.6 Å². The zero-order valence-electron chi connectivity index (χ0n) is 16.3. The maximum Gasteiger partial charge on any atom is 0.238 e. The van der Waals surface area contributed by atoms with Gasteiger partial charge in [-0.25, -0.2) is 0 Å². The Labute approximate surface area is 152 Å². The van der Waals surface area contributed by atoms with Crippen LogP contribution in [0.25, 0.3) is 0 Å². The molecule has 0 saturated heterocycles. The maximum atomic E-state index is 12.5. The Kier molecular flexibility index (Phi) is 6.38. The molecule has 0 unspecified atom stereocenters. The van der Waals surface area contributed by atoms with Gasteiger partial charge in [0.2, 0.25) is 5.91 Å². The average molecular weight is 338 g/mol. The van der Waals surface area contributed by atoms with Crippen molar-refractivity contribution in [2.75, 3.05) is 18.9 Å². The molecule has 0 atom stereocenters. The number of carbonyl (C=O) groups excluding carboxylic acids is 1. The summed E-state index contributed by atoms with van der Waals surface area (Å²) in [5.41, 5.74) is 7.06. The molecular formula is C22H30N2O. The van der Waals surface area contributed by atoms with Crippen LogP contribution in [0.15, 0.2) is 36.4 Å². The van der Waals surface area contributed by atoms with Gasteiger partial charge in [0.1, 0.15) is 0 Å². The third-order valence-electron chi connectivity index (χ3n) is 4.54. The van der Waals surface area contributed by atoms with E-state index >= 15 is 0 Å². The fourth-order valence-electron chi connectivity index (χ4n) is 3.14. The van der Waals surface area contributed by atoms with E-state index in [1.807, 2.05) is 26.1 Å². The predicted molar refractivity (Wildman–Crippen MR) is 106 cm³/mol. The smallest absolute Gasteiger partial charge is 0.238 e. The summed E-state index contributed by atoms with van der Waals surface area (Å²) in [6.07, 6.45) is 0. The molecule has 3 nitrogen and oxygen atoms in total. The first kappa shape index (κ1) is 19.2. The summed E-state index contributed by atoms with van der Waals surface area (Å²) in [6.45, 7) is 11.7. The number of amides is 1. The van der Waals surface area contributed by atoms with E-state index in [2.05, 4.69) is 62.2 Å². The number of hydrogen-bond acceptors (Lipinski definition) is 2. The van der Waals surface area contributed by atoms with Crippen molar-refractivity contribution in [2.24, 2.45) is 0 Å². The first-order chi connectivity index (χ1) is 11.8. The molecule has 0 bridgehead atoms. The van der Waals surface area contributed by atoms with Gasteiger partial charge < -0.3 is 5.32 Å². The molecule has 25 heavy (non-hydrogen) atoms. The molecule has 0 heterocycles. The number of para-hydroxylation sites is 1. The van der Waals surface area contributed by atoms with Crippen LogP contribution in [0, 0.1) is 20.8 Å². The topological polar surface area (TPSA) is 32.3 Å². The highest BCUT2D eigenvalue weighted by Gasteiger charge is 2.14. The van der Waals surface area contributed by atoms with Crippen LogP contribution in [0.3, 0.4) is 0 Å². The molecular weight excluding hydrogens is 308 g/mol. The van der Waals surface area contributed by atoms with Crippen LogP contribution in [-0.4, -0.2) is 24.4 Å². The number of nitrogens with one attached hydrogen (secondary N) is 1. The van der Waals surface area contributed by atoms with E-state index in [1.165, 1.54) is 22.3 Å². The van der Waals surface area contributed by atoms with Gasteiger partial charge >= 0.3 is 0 Å². The van der Waals surface area contributed by atoms with Crippen molar-refractivity contribution in [3.05, 3.63) is 64.2 Å². The number of carbonyl (C=O) groups is 1.